The molecule has 0 saturated heterocycles. The number of rotatable bonds is 5. The quantitative estimate of drug-likeness (QED) is 0.879. The number of hydrogen-bond donors (Lipinski definition) is 1. The maximum Gasteiger partial charge on any atom is 0.416 e. The molecule has 0 saturated carbocycles. The first-order chi connectivity index (χ1) is 12.2. The van der Waals surface area contributed by atoms with Crippen LogP contribution in [0, 0.1) is 5.82 Å². The van der Waals surface area contributed by atoms with Gasteiger partial charge in [-0.05, 0) is 44.5 Å². The number of benzene rings is 1. The van der Waals surface area contributed by atoms with Gasteiger partial charge in [-0.1, -0.05) is 12.1 Å². The second-order valence-corrected chi connectivity index (χ2v) is 6.71. The standard InChI is InChI=1S/C19H23FN2O4/c1-19(2,3)26-18(24)22(11-13-5-7-15(25-4)8-6-13)17-9-14(12-23)16(20)10-21-17/h5-10,23H,11-12H2,1-4H3. The minimum atomic E-state index is -0.699. The van der Waals surface area contributed by atoms with Gasteiger partial charge in [-0.3, -0.25) is 4.90 Å². The number of nitrogens with zero attached hydrogens (tertiary/aromatic N) is 2. The van der Waals surface area contributed by atoms with Crippen LogP contribution in [0.3, 0.4) is 0 Å². The summed E-state index contributed by atoms with van der Waals surface area (Å²) in [6, 6.07) is 8.52. The highest BCUT2D eigenvalue weighted by atomic mass is 19.1. The third-order valence-corrected chi connectivity index (χ3v) is 3.48. The van der Waals surface area contributed by atoms with Crippen LogP contribution >= 0.6 is 0 Å². The molecule has 26 heavy (non-hydrogen) atoms. The zero-order valence-electron chi connectivity index (χ0n) is 15.3. The summed E-state index contributed by atoms with van der Waals surface area (Å²) < 4.78 is 24.2. The van der Waals surface area contributed by atoms with Crippen LogP contribution in [0.5, 0.6) is 5.75 Å². The molecule has 0 bridgehead atoms. The second kappa shape index (κ2) is 8.14. The van der Waals surface area contributed by atoms with Crippen molar-refractivity contribution in [1.29, 1.82) is 0 Å². The number of carbonyl (C=O) groups is 1. The first-order valence-electron chi connectivity index (χ1n) is 8.12. The Morgan fingerprint density at radius 2 is 1.92 bits per heavy atom. The molecule has 1 N–H and O–H groups in total. The number of aromatic nitrogens is 1. The average Bonchev–Trinajstić information content (AvgIpc) is 2.59. The van der Waals surface area contributed by atoms with E-state index in [9.17, 15) is 14.3 Å². The van der Waals surface area contributed by atoms with Crippen molar-refractivity contribution in [3.63, 3.8) is 0 Å². The van der Waals surface area contributed by atoms with Gasteiger partial charge in [0.15, 0.2) is 0 Å². The normalized spacial score (nSPS) is 11.2. The number of halogens is 1. The van der Waals surface area contributed by atoms with Crippen LogP contribution in [0.25, 0.3) is 0 Å². The van der Waals surface area contributed by atoms with Crippen molar-refractivity contribution in [3.05, 3.63) is 53.5 Å². The molecule has 0 radical (unpaired) electrons. The molecule has 1 aromatic carbocycles. The number of amides is 1. The molecule has 0 aliphatic heterocycles. The molecule has 0 unspecified atom stereocenters. The number of hydrogen-bond acceptors (Lipinski definition) is 5. The Bertz CT molecular complexity index is 757. The van der Waals surface area contributed by atoms with Crippen LogP contribution in [-0.2, 0) is 17.9 Å². The number of ether oxygens (including phenoxy) is 2. The summed E-state index contributed by atoms with van der Waals surface area (Å²) in [6.07, 6.45) is 0.364. The molecule has 1 amide bonds. The van der Waals surface area contributed by atoms with Gasteiger partial charge in [0.1, 0.15) is 23.0 Å². The largest absolute Gasteiger partial charge is 0.497 e. The Labute approximate surface area is 152 Å². The third-order valence-electron chi connectivity index (χ3n) is 3.48. The van der Waals surface area contributed by atoms with E-state index in [4.69, 9.17) is 9.47 Å². The molecule has 2 rings (SSSR count). The van der Waals surface area contributed by atoms with E-state index in [1.165, 1.54) is 11.0 Å². The summed E-state index contributed by atoms with van der Waals surface area (Å²) in [5.41, 5.74) is 0.168. The molecular weight excluding hydrogens is 339 g/mol. The topological polar surface area (TPSA) is 71.9 Å². The molecule has 0 aliphatic rings. The highest BCUT2D eigenvalue weighted by Crippen LogP contribution is 2.22. The molecule has 0 atom stereocenters. The fraction of sp³-hybridized carbons (Fsp3) is 0.368. The van der Waals surface area contributed by atoms with Crippen molar-refractivity contribution >= 4 is 11.9 Å². The Kier molecular flexibility index (Phi) is 6.15. The molecule has 0 spiro atoms. The highest BCUT2D eigenvalue weighted by Gasteiger charge is 2.25. The van der Waals surface area contributed by atoms with Gasteiger partial charge >= 0.3 is 6.09 Å². The number of methoxy groups -OCH3 is 1. The van der Waals surface area contributed by atoms with Gasteiger partial charge in [0.2, 0.25) is 0 Å². The minimum Gasteiger partial charge on any atom is -0.497 e. The van der Waals surface area contributed by atoms with Crippen LogP contribution in [-0.4, -0.2) is 28.9 Å². The lowest BCUT2D eigenvalue weighted by Crippen LogP contribution is -2.37. The second-order valence-electron chi connectivity index (χ2n) is 6.71. The summed E-state index contributed by atoms with van der Waals surface area (Å²) in [5.74, 6) is 0.255. The predicted octanol–water partition coefficient (Wildman–Crippen LogP) is 3.66. The van der Waals surface area contributed by atoms with Crippen molar-refractivity contribution in [2.45, 2.75) is 39.5 Å². The Balaban J connectivity index is 2.36. The number of anilines is 1. The zero-order valence-corrected chi connectivity index (χ0v) is 15.3. The van der Waals surface area contributed by atoms with E-state index in [1.807, 2.05) is 12.1 Å². The van der Waals surface area contributed by atoms with Crippen LogP contribution in [0.2, 0.25) is 0 Å². The maximum absolute atomic E-state index is 13.6. The summed E-state index contributed by atoms with van der Waals surface area (Å²) in [5, 5.41) is 9.28. The summed E-state index contributed by atoms with van der Waals surface area (Å²) in [7, 11) is 1.57. The van der Waals surface area contributed by atoms with Gasteiger partial charge < -0.3 is 14.6 Å². The van der Waals surface area contributed by atoms with Crippen LogP contribution < -0.4 is 9.64 Å². The van der Waals surface area contributed by atoms with Crippen molar-refractivity contribution in [2.75, 3.05) is 12.0 Å². The lowest BCUT2D eigenvalue weighted by Gasteiger charge is -2.27. The summed E-state index contributed by atoms with van der Waals surface area (Å²) in [4.78, 5) is 17.9. The zero-order chi connectivity index (χ0) is 19.3. The van der Waals surface area contributed by atoms with E-state index in [1.54, 1.807) is 40.0 Å². The monoisotopic (exact) mass is 362 g/mol. The lowest BCUT2D eigenvalue weighted by atomic mass is 10.2. The summed E-state index contributed by atoms with van der Waals surface area (Å²) in [6.45, 7) is 4.95. The highest BCUT2D eigenvalue weighted by molar-refractivity contribution is 5.86. The fourth-order valence-electron chi connectivity index (χ4n) is 2.21. The number of aliphatic hydroxyl groups excluding tert-OH is 1. The molecule has 0 aliphatic carbocycles. The maximum atomic E-state index is 13.6. The Morgan fingerprint density at radius 3 is 2.46 bits per heavy atom. The van der Waals surface area contributed by atoms with Gasteiger partial charge in [0.25, 0.3) is 0 Å². The molecule has 1 heterocycles. The lowest BCUT2D eigenvalue weighted by molar-refractivity contribution is 0.0576. The Morgan fingerprint density at radius 1 is 1.27 bits per heavy atom. The van der Waals surface area contributed by atoms with E-state index in [0.29, 0.717) is 5.75 Å². The molecule has 6 nitrogen and oxygen atoms in total. The molecule has 7 heteroatoms. The fourth-order valence-corrected chi connectivity index (χ4v) is 2.21. The first-order valence-corrected chi connectivity index (χ1v) is 8.12. The van der Waals surface area contributed by atoms with E-state index >= 15 is 0 Å². The number of carbonyl (C=O) groups excluding carboxylic acids is 1. The van der Waals surface area contributed by atoms with Crippen molar-refractivity contribution < 1.29 is 23.8 Å². The summed E-state index contributed by atoms with van der Waals surface area (Å²) >= 11 is 0. The molecule has 1 aromatic heterocycles. The first kappa shape index (κ1) is 19.7. The smallest absolute Gasteiger partial charge is 0.416 e. The average molecular weight is 362 g/mol. The van der Waals surface area contributed by atoms with Gasteiger partial charge in [0.05, 0.1) is 26.5 Å². The van der Waals surface area contributed by atoms with E-state index in [0.717, 1.165) is 11.8 Å². The minimum absolute atomic E-state index is 0.0540. The van der Waals surface area contributed by atoms with E-state index in [2.05, 4.69) is 4.98 Å². The molecule has 0 fully saturated rings. The van der Waals surface area contributed by atoms with E-state index < -0.39 is 24.1 Å². The third kappa shape index (κ3) is 5.16. The molecule has 140 valence electrons. The molecular formula is C19H23FN2O4. The van der Waals surface area contributed by atoms with Gasteiger partial charge in [0, 0.05) is 5.56 Å². The van der Waals surface area contributed by atoms with Crippen LogP contribution in [0.4, 0.5) is 15.0 Å². The van der Waals surface area contributed by atoms with Gasteiger partial charge in [-0.15, -0.1) is 0 Å². The Hall–Kier alpha value is -2.67. The van der Waals surface area contributed by atoms with Gasteiger partial charge in [-0.2, -0.15) is 0 Å². The van der Waals surface area contributed by atoms with Crippen molar-refractivity contribution in [1.82, 2.24) is 4.98 Å². The molecule has 2 aromatic rings. The predicted molar refractivity (Wildman–Crippen MR) is 95.5 cm³/mol. The van der Waals surface area contributed by atoms with Crippen molar-refractivity contribution in [2.24, 2.45) is 0 Å². The van der Waals surface area contributed by atoms with E-state index in [-0.39, 0.29) is 17.9 Å². The SMILES string of the molecule is COc1ccc(CN(C(=O)OC(C)(C)C)c2cc(CO)c(F)cn2)cc1. The van der Waals surface area contributed by atoms with Crippen molar-refractivity contribution in [3.8, 4) is 5.75 Å². The van der Waals surface area contributed by atoms with Crippen LogP contribution in [0.15, 0.2) is 36.5 Å². The van der Waals surface area contributed by atoms with Gasteiger partial charge in [-0.25, -0.2) is 14.2 Å². The number of pyridine rings is 1. The number of aliphatic hydroxyl groups is 1. The van der Waals surface area contributed by atoms with Crippen LogP contribution in [0.1, 0.15) is 31.9 Å².